The van der Waals surface area contributed by atoms with Crippen LogP contribution in [-0.2, 0) is 6.42 Å². The molecule has 0 aliphatic rings. The Labute approximate surface area is 109 Å². The number of unbranched alkanes of at least 4 members (excludes halogenated alkanes) is 3. The van der Waals surface area contributed by atoms with Crippen molar-refractivity contribution in [1.82, 2.24) is 0 Å². The van der Waals surface area contributed by atoms with Gasteiger partial charge in [-0.15, -0.1) is 0 Å². The lowest BCUT2D eigenvalue weighted by Crippen LogP contribution is -2.21. The highest BCUT2D eigenvalue weighted by atomic mass is 16.5. The predicted octanol–water partition coefficient (Wildman–Crippen LogP) is 2.54. The molecule has 1 unspecified atom stereocenters. The molecule has 0 aliphatic carbocycles. The smallest absolute Gasteiger partial charge is 0.119 e. The second-order valence-corrected chi connectivity index (χ2v) is 4.60. The van der Waals surface area contributed by atoms with Crippen molar-refractivity contribution in [3.63, 3.8) is 0 Å². The standard InChI is InChI=1S/C15H24O3/c1-2-3-4-5-6-13-7-9-15(10-8-13)18-12-14(17)11-16/h7-10,14,16-17H,2-6,11-12H2,1H3. The van der Waals surface area contributed by atoms with E-state index in [1.807, 2.05) is 12.1 Å². The topological polar surface area (TPSA) is 49.7 Å². The molecule has 0 spiro atoms. The van der Waals surface area contributed by atoms with Gasteiger partial charge in [-0.25, -0.2) is 0 Å². The van der Waals surface area contributed by atoms with Crippen molar-refractivity contribution in [2.75, 3.05) is 13.2 Å². The number of rotatable bonds is 9. The summed E-state index contributed by atoms with van der Waals surface area (Å²) in [6.07, 6.45) is 5.40. The van der Waals surface area contributed by atoms with Crippen LogP contribution < -0.4 is 4.74 Å². The van der Waals surface area contributed by atoms with Gasteiger partial charge in [0.05, 0.1) is 6.61 Å². The summed E-state index contributed by atoms with van der Waals surface area (Å²) in [6.45, 7) is 2.08. The Morgan fingerprint density at radius 1 is 1.11 bits per heavy atom. The van der Waals surface area contributed by atoms with Crippen molar-refractivity contribution < 1.29 is 14.9 Å². The van der Waals surface area contributed by atoms with Gasteiger partial charge in [0.2, 0.25) is 0 Å². The van der Waals surface area contributed by atoms with Crippen LogP contribution in [0.4, 0.5) is 0 Å². The molecule has 2 N–H and O–H groups in total. The summed E-state index contributed by atoms with van der Waals surface area (Å²) in [5.74, 6) is 0.736. The number of aliphatic hydroxyl groups excluding tert-OH is 2. The molecule has 0 saturated heterocycles. The summed E-state index contributed by atoms with van der Waals surface area (Å²) in [4.78, 5) is 0. The van der Waals surface area contributed by atoms with Crippen LogP contribution >= 0.6 is 0 Å². The molecule has 0 heterocycles. The molecule has 18 heavy (non-hydrogen) atoms. The molecule has 1 aromatic rings. The average Bonchev–Trinajstić information content (AvgIpc) is 2.42. The second kappa shape index (κ2) is 8.95. The number of hydrogen-bond donors (Lipinski definition) is 2. The molecule has 0 amide bonds. The van der Waals surface area contributed by atoms with Crippen LogP contribution in [0, 0.1) is 0 Å². The van der Waals surface area contributed by atoms with Gasteiger partial charge in [-0.1, -0.05) is 38.3 Å². The van der Waals surface area contributed by atoms with E-state index in [0.717, 1.165) is 12.2 Å². The fourth-order valence-electron chi connectivity index (χ4n) is 1.75. The Kier molecular flexibility index (Phi) is 7.46. The molecule has 1 atom stereocenters. The Bertz CT molecular complexity index is 308. The fourth-order valence-corrected chi connectivity index (χ4v) is 1.75. The zero-order valence-electron chi connectivity index (χ0n) is 11.1. The van der Waals surface area contributed by atoms with E-state index in [0.29, 0.717) is 0 Å². The zero-order chi connectivity index (χ0) is 13.2. The molecule has 3 heteroatoms. The van der Waals surface area contributed by atoms with E-state index in [4.69, 9.17) is 14.9 Å². The van der Waals surface area contributed by atoms with Crippen LogP contribution in [0.2, 0.25) is 0 Å². The van der Waals surface area contributed by atoms with E-state index in [1.54, 1.807) is 0 Å². The zero-order valence-corrected chi connectivity index (χ0v) is 11.1. The number of hydrogen-bond acceptors (Lipinski definition) is 3. The van der Waals surface area contributed by atoms with Gasteiger partial charge in [-0.3, -0.25) is 0 Å². The van der Waals surface area contributed by atoms with Crippen molar-refractivity contribution in [2.24, 2.45) is 0 Å². The quantitative estimate of drug-likeness (QED) is 0.664. The molecular formula is C15H24O3. The Balaban J connectivity index is 2.28. The number of ether oxygens (including phenoxy) is 1. The molecule has 1 rings (SSSR count). The molecule has 102 valence electrons. The highest BCUT2D eigenvalue weighted by molar-refractivity contribution is 5.27. The minimum absolute atomic E-state index is 0.131. The van der Waals surface area contributed by atoms with Gasteiger partial charge in [-0.05, 0) is 30.5 Å². The maximum absolute atomic E-state index is 9.17. The lowest BCUT2D eigenvalue weighted by Gasteiger charge is -2.10. The summed E-state index contributed by atoms with van der Waals surface area (Å²) in [7, 11) is 0. The van der Waals surface area contributed by atoms with E-state index in [-0.39, 0.29) is 13.2 Å². The molecular weight excluding hydrogens is 228 g/mol. The average molecular weight is 252 g/mol. The first-order chi connectivity index (χ1) is 8.76. The third kappa shape index (κ3) is 6.03. The molecule has 3 nitrogen and oxygen atoms in total. The van der Waals surface area contributed by atoms with Crippen LogP contribution in [0.3, 0.4) is 0 Å². The van der Waals surface area contributed by atoms with E-state index < -0.39 is 6.10 Å². The second-order valence-electron chi connectivity index (χ2n) is 4.60. The van der Waals surface area contributed by atoms with Crippen molar-refractivity contribution in [1.29, 1.82) is 0 Å². The van der Waals surface area contributed by atoms with Crippen molar-refractivity contribution in [2.45, 2.75) is 45.1 Å². The fraction of sp³-hybridized carbons (Fsp3) is 0.600. The summed E-state index contributed by atoms with van der Waals surface area (Å²) in [6, 6.07) is 7.96. The maximum atomic E-state index is 9.17. The highest BCUT2D eigenvalue weighted by Gasteiger charge is 2.02. The summed E-state index contributed by atoms with van der Waals surface area (Å²) >= 11 is 0. The summed E-state index contributed by atoms with van der Waals surface area (Å²) in [5.41, 5.74) is 1.32. The first kappa shape index (κ1) is 15.0. The van der Waals surface area contributed by atoms with Crippen molar-refractivity contribution >= 4 is 0 Å². The van der Waals surface area contributed by atoms with Gasteiger partial charge >= 0.3 is 0 Å². The van der Waals surface area contributed by atoms with Crippen LogP contribution in [0.5, 0.6) is 5.75 Å². The number of benzene rings is 1. The van der Waals surface area contributed by atoms with Crippen LogP contribution in [0.25, 0.3) is 0 Å². The summed E-state index contributed by atoms with van der Waals surface area (Å²) in [5, 5.41) is 17.8. The normalized spacial score (nSPS) is 12.4. The van der Waals surface area contributed by atoms with Gasteiger partial charge in [0.25, 0.3) is 0 Å². The third-order valence-electron chi connectivity index (χ3n) is 2.90. The minimum atomic E-state index is -0.807. The van der Waals surface area contributed by atoms with Gasteiger partial charge in [0, 0.05) is 0 Å². The van der Waals surface area contributed by atoms with E-state index >= 15 is 0 Å². The SMILES string of the molecule is CCCCCCc1ccc(OCC(O)CO)cc1. The Hall–Kier alpha value is -1.06. The van der Waals surface area contributed by atoms with Crippen molar-refractivity contribution in [3.8, 4) is 5.75 Å². The minimum Gasteiger partial charge on any atom is -0.491 e. The predicted molar refractivity (Wildman–Crippen MR) is 72.9 cm³/mol. The van der Waals surface area contributed by atoms with E-state index in [2.05, 4.69) is 19.1 Å². The lowest BCUT2D eigenvalue weighted by atomic mass is 10.1. The van der Waals surface area contributed by atoms with Gasteiger partial charge in [-0.2, -0.15) is 0 Å². The number of aryl methyl sites for hydroxylation is 1. The van der Waals surface area contributed by atoms with E-state index in [1.165, 1.54) is 31.2 Å². The molecule has 0 saturated carbocycles. The largest absolute Gasteiger partial charge is 0.491 e. The molecule has 0 aromatic heterocycles. The molecule has 0 bridgehead atoms. The van der Waals surface area contributed by atoms with Crippen LogP contribution in [0.15, 0.2) is 24.3 Å². The number of aliphatic hydroxyl groups is 2. The monoisotopic (exact) mass is 252 g/mol. The third-order valence-corrected chi connectivity index (χ3v) is 2.90. The molecule has 0 radical (unpaired) electrons. The first-order valence-electron chi connectivity index (χ1n) is 6.77. The lowest BCUT2D eigenvalue weighted by molar-refractivity contribution is 0.0536. The molecule has 1 aromatic carbocycles. The highest BCUT2D eigenvalue weighted by Crippen LogP contribution is 2.14. The molecule has 0 aliphatic heterocycles. The van der Waals surface area contributed by atoms with Gasteiger partial charge in [0.15, 0.2) is 0 Å². The van der Waals surface area contributed by atoms with Crippen LogP contribution in [-0.4, -0.2) is 29.5 Å². The Morgan fingerprint density at radius 3 is 2.44 bits per heavy atom. The molecule has 0 fully saturated rings. The van der Waals surface area contributed by atoms with Crippen LogP contribution in [0.1, 0.15) is 38.2 Å². The summed E-state index contributed by atoms with van der Waals surface area (Å²) < 4.78 is 5.35. The maximum Gasteiger partial charge on any atom is 0.119 e. The Morgan fingerprint density at radius 2 is 1.83 bits per heavy atom. The van der Waals surface area contributed by atoms with Gasteiger partial charge < -0.3 is 14.9 Å². The first-order valence-corrected chi connectivity index (χ1v) is 6.77. The van der Waals surface area contributed by atoms with Gasteiger partial charge in [0.1, 0.15) is 18.5 Å². The van der Waals surface area contributed by atoms with E-state index in [9.17, 15) is 0 Å². The van der Waals surface area contributed by atoms with Crippen molar-refractivity contribution in [3.05, 3.63) is 29.8 Å².